The molecule has 3 rings (SSSR count). The van der Waals surface area contributed by atoms with Crippen molar-refractivity contribution in [3.05, 3.63) is 96.1 Å². The van der Waals surface area contributed by atoms with Crippen molar-refractivity contribution in [2.75, 3.05) is 0 Å². The summed E-state index contributed by atoms with van der Waals surface area (Å²) in [5.41, 5.74) is 6.35. The summed E-state index contributed by atoms with van der Waals surface area (Å²) in [5, 5.41) is 0. The first-order valence-electron chi connectivity index (χ1n) is 10.8. The number of hydrogen-bond donors (Lipinski definition) is 0. The minimum Gasteiger partial charge on any atom is -0.423 e. The average molecular weight is 399 g/mol. The predicted molar refractivity (Wildman–Crippen MR) is 126 cm³/mol. The zero-order valence-electron chi connectivity index (χ0n) is 18.0. The van der Waals surface area contributed by atoms with Gasteiger partial charge in [0.05, 0.1) is 5.56 Å². The number of carbonyl (C=O) groups excluding carboxylic acids is 1. The van der Waals surface area contributed by atoms with E-state index in [1.165, 1.54) is 30.4 Å². The fourth-order valence-electron chi connectivity index (χ4n) is 3.37. The Morgan fingerprint density at radius 2 is 1.33 bits per heavy atom. The van der Waals surface area contributed by atoms with Crippen LogP contribution >= 0.6 is 0 Å². The molecule has 0 amide bonds. The van der Waals surface area contributed by atoms with Crippen LogP contribution in [0.25, 0.3) is 16.7 Å². The van der Waals surface area contributed by atoms with Crippen molar-refractivity contribution >= 4 is 11.5 Å². The monoisotopic (exact) mass is 398 g/mol. The van der Waals surface area contributed by atoms with E-state index in [0.717, 1.165) is 29.5 Å². The number of benzene rings is 3. The molecule has 0 saturated heterocycles. The molecule has 0 spiro atoms. The Morgan fingerprint density at radius 3 is 1.90 bits per heavy atom. The Balaban J connectivity index is 1.61. The zero-order chi connectivity index (χ0) is 21.3. The van der Waals surface area contributed by atoms with E-state index < -0.39 is 0 Å². The molecular formula is C28H30O2. The highest BCUT2D eigenvalue weighted by molar-refractivity contribution is 5.91. The topological polar surface area (TPSA) is 26.3 Å². The highest BCUT2D eigenvalue weighted by Gasteiger charge is 2.09. The van der Waals surface area contributed by atoms with Crippen molar-refractivity contribution < 1.29 is 9.53 Å². The molecule has 30 heavy (non-hydrogen) atoms. The van der Waals surface area contributed by atoms with Crippen LogP contribution in [0.4, 0.5) is 0 Å². The third kappa shape index (κ3) is 5.70. The molecule has 0 saturated carbocycles. The molecule has 3 aromatic rings. The average Bonchev–Trinajstić information content (AvgIpc) is 2.80. The molecule has 0 fully saturated rings. The summed E-state index contributed by atoms with van der Waals surface area (Å²) in [5.74, 6) is 0.219. The molecule has 0 N–H and O–H groups in total. The molecule has 0 aliphatic rings. The summed E-state index contributed by atoms with van der Waals surface area (Å²) < 4.78 is 5.54. The van der Waals surface area contributed by atoms with E-state index in [0.29, 0.717) is 11.3 Å². The normalized spacial score (nSPS) is 10.6. The number of hydrogen-bond acceptors (Lipinski definition) is 2. The van der Waals surface area contributed by atoms with Crippen molar-refractivity contribution in [2.24, 2.45) is 0 Å². The van der Waals surface area contributed by atoms with E-state index in [9.17, 15) is 4.79 Å². The standard InChI is InChI=1S/C28H30O2/c1-4-6-7-8-22-9-11-26(12-10-22)28(29)30-27-19-17-25(18-20-27)24-15-13-23(14-16-24)21(3)5-2/h9-20H,3-8H2,1-2H3. The molecule has 0 aliphatic carbocycles. The van der Waals surface area contributed by atoms with Crippen molar-refractivity contribution in [1.29, 1.82) is 0 Å². The Hall–Kier alpha value is -3.13. The van der Waals surface area contributed by atoms with Gasteiger partial charge in [0.25, 0.3) is 0 Å². The molecule has 0 atom stereocenters. The third-order valence-corrected chi connectivity index (χ3v) is 5.38. The first-order valence-corrected chi connectivity index (χ1v) is 10.8. The minimum atomic E-state index is -0.328. The van der Waals surface area contributed by atoms with Crippen LogP contribution in [0.15, 0.2) is 79.4 Å². The lowest BCUT2D eigenvalue weighted by Gasteiger charge is -2.08. The van der Waals surface area contributed by atoms with Crippen LogP contribution < -0.4 is 4.74 Å². The maximum absolute atomic E-state index is 12.4. The first-order chi connectivity index (χ1) is 14.6. The van der Waals surface area contributed by atoms with Gasteiger partial charge in [-0.1, -0.05) is 81.8 Å². The lowest BCUT2D eigenvalue weighted by atomic mass is 10.00. The van der Waals surface area contributed by atoms with Crippen LogP contribution in [-0.4, -0.2) is 5.97 Å². The minimum absolute atomic E-state index is 0.328. The number of ether oxygens (including phenoxy) is 1. The second-order valence-corrected chi connectivity index (χ2v) is 7.60. The summed E-state index contributed by atoms with van der Waals surface area (Å²) in [4.78, 5) is 12.4. The van der Waals surface area contributed by atoms with Gasteiger partial charge < -0.3 is 4.74 Å². The molecule has 2 nitrogen and oxygen atoms in total. The van der Waals surface area contributed by atoms with E-state index in [1.54, 1.807) is 0 Å². The smallest absolute Gasteiger partial charge is 0.343 e. The molecule has 0 radical (unpaired) electrons. The van der Waals surface area contributed by atoms with Crippen molar-refractivity contribution in [2.45, 2.75) is 46.0 Å². The SMILES string of the molecule is C=C(CC)c1ccc(-c2ccc(OC(=O)c3ccc(CCCCC)cc3)cc2)cc1. The maximum atomic E-state index is 12.4. The molecule has 0 bridgehead atoms. The summed E-state index contributed by atoms with van der Waals surface area (Å²) >= 11 is 0. The van der Waals surface area contributed by atoms with Gasteiger partial charge in [-0.3, -0.25) is 0 Å². The van der Waals surface area contributed by atoms with Crippen LogP contribution in [0.2, 0.25) is 0 Å². The Kier molecular flexibility index (Phi) is 7.62. The van der Waals surface area contributed by atoms with E-state index in [-0.39, 0.29) is 5.97 Å². The highest BCUT2D eigenvalue weighted by Crippen LogP contribution is 2.25. The van der Waals surface area contributed by atoms with Gasteiger partial charge in [-0.05, 0) is 71.4 Å². The quantitative estimate of drug-likeness (QED) is 0.209. The van der Waals surface area contributed by atoms with Gasteiger partial charge in [-0.15, -0.1) is 0 Å². The number of aryl methyl sites for hydroxylation is 1. The Labute approximate surface area is 180 Å². The third-order valence-electron chi connectivity index (χ3n) is 5.38. The second-order valence-electron chi connectivity index (χ2n) is 7.60. The molecule has 0 aromatic heterocycles. The number of rotatable bonds is 9. The van der Waals surface area contributed by atoms with Gasteiger partial charge >= 0.3 is 5.97 Å². The second kappa shape index (κ2) is 10.6. The van der Waals surface area contributed by atoms with Crippen molar-refractivity contribution in [3.8, 4) is 16.9 Å². The number of allylic oxidation sites excluding steroid dienone is 1. The first kappa shape index (κ1) is 21.6. The van der Waals surface area contributed by atoms with Gasteiger partial charge in [-0.25, -0.2) is 4.79 Å². The van der Waals surface area contributed by atoms with Crippen molar-refractivity contribution in [3.63, 3.8) is 0 Å². The lowest BCUT2D eigenvalue weighted by Crippen LogP contribution is -2.08. The molecule has 2 heteroatoms. The van der Waals surface area contributed by atoms with Crippen LogP contribution in [-0.2, 0) is 6.42 Å². The summed E-state index contributed by atoms with van der Waals surface area (Å²) in [6, 6.07) is 23.8. The summed E-state index contributed by atoms with van der Waals surface area (Å²) in [7, 11) is 0. The van der Waals surface area contributed by atoms with Crippen LogP contribution in [0.1, 0.15) is 61.0 Å². The van der Waals surface area contributed by atoms with Gasteiger partial charge in [0.15, 0.2) is 0 Å². The number of esters is 1. The predicted octanol–water partition coefficient (Wildman–Crippen LogP) is 7.73. The van der Waals surface area contributed by atoms with Crippen molar-refractivity contribution in [1.82, 2.24) is 0 Å². The van der Waals surface area contributed by atoms with Gasteiger partial charge in [0.1, 0.15) is 5.75 Å². The van der Waals surface area contributed by atoms with Gasteiger partial charge in [0, 0.05) is 0 Å². The van der Waals surface area contributed by atoms with Crippen LogP contribution in [0.3, 0.4) is 0 Å². The molecule has 0 aliphatic heterocycles. The number of carbonyl (C=O) groups is 1. The Morgan fingerprint density at radius 1 is 0.767 bits per heavy atom. The molecule has 0 heterocycles. The van der Waals surface area contributed by atoms with Gasteiger partial charge in [-0.2, -0.15) is 0 Å². The number of unbranched alkanes of at least 4 members (excludes halogenated alkanes) is 2. The summed E-state index contributed by atoms with van der Waals surface area (Å²) in [6.07, 6.45) is 5.63. The fourth-order valence-corrected chi connectivity index (χ4v) is 3.37. The van der Waals surface area contributed by atoms with E-state index in [1.807, 2.05) is 48.5 Å². The molecule has 154 valence electrons. The molecule has 3 aromatic carbocycles. The van der Waals surface area contributed by atoms with E-state index in [2.05, 4.69) is 44.7 Å². The summed E-state index contributed by atoms with van der Waals surface area (Å²) in [6.45, 7) is 8.39. The van der Waals surface area contributed by atoms with Crippen LogP contribution in [0, 0.1) is 0 Å². The highest BCUT2D eigenvalue weighted by atomic mass is 16.5. The fraction of sp³-hybridized carbons (Fsp3) is 0.250. The maximum Gasteiger partial charge on any atom is 0.343 e. The molecular weight excluding hydrogens is 368 g/mol. The lowest BCUT2D eigenvalue weighted by molar-refractivity contribution is 0.0735. The Bertz CT molecular complexity index is 965. The van der Waals surface area contributed by atoms with Gasteiger partial charge in [0.2, 0.25) is 0 Å². The largest absolute Gasteiger partial charge is 0.423 e. The zero-order valence-corrected chi connectivity index (χ0v) is 18.0. The van der Waals surface area contributed by atoms with E-state index in [4.69, 9.17) is 4.74 Å². The molecule has 0 unspecified atom stereocenters. The van der Waals surface area contributed by atoms with Crippen LogP contribution in [0.5, 0.6) is 5.75 Å². The van der Waals surface area contributed by atoms with E-state index >= 15 is 0 Å².